The Bertz CT molecular complexity index is 508. The summed E-state index contributed by atoms with van der Waals surface area (Å²) in [7, 11) is 1.92. The third-order valence-electron chi connectivity index (χ3n) is 1.85. The second-order valence-corrected chi connectivity index (χ2v) is 3.62. The normalized spacial score (nSPS) is 12.2. The molecule has 1 N–H and O–H groups in total. The second kappa shape index (κ2) is 3.10. The van der Waals surface area contributed by atoms with Gasteiger partial charge in [0.1, 0.15) is 0 Å². The standard InChI is InChI=1S/C8H8N4S/c1-12-6-4-2-3-5-7(6)13-8(12)10-11-9/h2-5,9H,1H3. The highest BCUT2D eigenvalue weighted by atomic mass is 32.1. The number of fused-ring (bicyclic) bond motifs is 1. The molecule has 1 heterocycles. The zero-order valence-electron chi connectivity index (χ0n) is 7.06. The van der Waals surface area contributed by atoms with E-state index in [-0.39, 0.29) is 0 Å². The minimum atomic E-state index is 0.746. The Morgan fingerprint density at radius 1 is 1.38 bits per heavy atom. The van der Waals surface area contributed by atoms with Gasteiger partial charge in [-0.25, -0.2) is 0 Å². The summed E-state index contributed by atoms with van der Waals surface area (Å²) in [6.07, 6.45) is 0. The molecule has 66 valence electrons. The summed E-state index contributed by atoms with van der Waals surface area (Å²) in [5.41, 5.74) is 7.78. The summed E-state index contributed by atoms with van der Waals surface area (Å²) in [6.45, 7) is 0. The van der Waals surface area contributed by atoms with Crippen molar-refractivity contribution in [2.45, 2.75) is 0 Å². The first-order valence-electron chi connectivity index (χ1n) is 3.78. The van der Waals surface area contributed by atoms with Crippen molar-refractivity contribution in [3.8, 4) is 0 Å². The van der Waals surface area contributed by atoms with E-state index in [1.165, 1.54) is 11.3 Å². The zero-order valence-corrected chi connectivity index (χ0v) is 7.88. The van der Waals surface area contributed by atoms with Gasteiger partial charge in [-0.05, 0) is 17.4 Å². The lowest BCUT2D eigenvalue weighted by Crippen LogP contribution is -2.08. The number of rotatable bonds is 1. The summed E-state index contributed by atoms with van der Waals surface area (Å²) in [6, 6.07) is 8.02. The molecule has 0 saturated carbocycles. The fourth-order valence-corrected chi connectivity index (χ4v) is 2.19. The number of aryl methyl sites for hydroxylation is 1. The third kappa shape index (κ3) is 1.27. The Morgan fingerprint density at radius 2 is 2.15 bits per heavy atom. The Hall–Kier alpha value is -1.49. The number of para-hydroxylation sites is 1. The van der Waals surface area contributed by atoms with Crippen LogP contribution in [-0.4, -0.2) is 4.57 Å². The van der Waals surface area contributed by atoms with Crippen molar-refractivity contribution in [1.29, 1.82) is 5.53 Å². The quantitative estimate of drug-likeness (QED) is 0.531. The zero-order chi connectivity index (χ0) is 9.26. The molecule has 2 rings (SSSR count). The van der Waals surface area contributed by atoms with Crippen molar-refractivity contribution in [1.82, 2.24) is 4.57 Å². The van der Waals surface area contributed by atoms with Gasteiger partial charge in [-0.3, -0.25) is 0 Å². The highest BCUT2D eigenvalue weighted by Crippen LogP contribution is 2.14. The van der Waals surface area contributed by atoms with Gasteiger partial charge < -0.3 is 4.57 Å². The molecule has 0 amide bonds. The van der Waals surface area contributed by atoms with Crippen LogP contribution < -0.4 is 4.80 Å². The van der Waals surface area contributed by atoms with E-state index in [0.29, 0.717) is 0 Å². The first-order valence-corrected chi connectivity index (χ1v) is 4.59. The van der Waals surface area contributed by atoms with Crippen LogP contribution in [0.3, 0.4) is 0 Å². The van der Waals surface area contributed by atoms with Gasteiger partial charge in [0.2, 0.25) is 4.80 Å². The van der Waals surface area contributed by atoms with Gasteiger partial charge in [0, 0.05) is 7.05 Å². The number of aromatic nitrogens is 1. The maximum absolute atomic E-state index is 6.66. The Morgan fingerprint density at radius 3 is 2.85 bits per heavy atom. The lowest BCUT2D eigenvalue weighted by Gasteiger charge is -1.91. The maximum atomic E-state index is 6.66. The summed E-state index contributed by atoms with van der Waals surface area (Å²) in [4.78, 5) is 0.746. The van der Waals surface area contributed by atoms with Gasteiger partial charge in [0.15, 0.2) is 0 Å². The van der Waals surface area contributed by atoms with Crippen LogP contribution in [0.2, 0.25) is 0 Å². The van der Waals surface area contributed by atoms with E-state index in [2.05, 4.69) is 10.3 Å². The lowest BCUT2D eigenvalue weighted by molar-refractivity contribution is 0.851. The molecule has 0 fully saturated rings. The summed E-state index contributed by atoms with van der Waals surface area (Å²) < 4.78 is 3.09. The van der Waals surface area contributed by atoms with Gasteiger partial charge in [-0.1, -0.05) is 23.5 Å². The smallest absolute Gasteiger partial charge is 0.213 e. The van der Waals surface area contributed by atoms with Crippen LogP contribution in [0.15, 0.2) is 34.6 Å². The van der Waals surface area contributed by atoms with E-state index >= 15 is 0 Å². The predicted molar refractivity (Wildman–Crippen MR) is 51.5 cm³/mol. The van der Waals surface area contributed by atoms with Crippen LogP contribution in [-0.2, 0) is 7.05 Å². The van der Waals surface area contributed by atoms with E-state index in [1.54, 1.807) is 0 Å². The SMILES string of the molecule is Cn1c(=NN=N)sc2ccccc21. The van der Waals surface area contributed by atoms with Crippen LogP contribution in [0.5, 0.6) is 0 Å². The molecule has 0 spiro atoms. The van der Waals surface area contributed by atoms with Gasteiger partial charge in [-0.15, -0.1) is 5.10 Å². The minimum absolute atomic E-state index is 0.746. The first-order chi connectivity index (χ1) is 6.33. The van der Waals surface area contributed by atoms with Crippen LogP contribution in [0.25, 0.3) is 10.2 Å². The van der Waals surface area contributed by atoms with E-state index in [4.69, 9.17) is 5.53 Å². The molecule has 0 aliphatic rings. The molecule has 5 heteroatoms. The molecular weight excluding hydrogens is 184 g/mol. The molecule has 0 aliphatic heterocycles. The summed E-state index contributed by atoms with van der Waals surface area (Å²) in [5.74, 6) is 0. The monoisotopic (exact) mass is 192 g/mol. The summed E-state index contributed by atoms with van der Waals surface area (Å²) in [5, 5.41) is 6.74. The number of hydrogen-bond acceptors (Lipinski definition) is 3. The highest BCUT2D eigenvalue weighted by Gasteiger charge is 1.99. The Labute approximate surface area is 78.7 Å². The number of nitrogens with zero attached hydrogens (tertiary/aromatic N) is 3. The molecule has 0 saturated heterocycles. The van der Waals surface area contributed by atoms with Gasteiger partial charge >= 0.3 is 0 Å². The van der Waals surface area contributed by atoms with Crippen LogP contribution in [0.1, 0.15) is 0 Å². The maximum Gasteiger partial charge on any atom is 0.213 e. The number of nitrogens with one attached hydrogen (secondary N) is 1. The van der Waals surface area contributed by atoms with E-state index in [1.807, 2.05) is 35.9 Å². The average molecular weight is 192 g/mol. The molecule has 0 unspecified atom stereocenters. The van der Waals surface area contributed by atoms with Crippen molar-refractivity contribution >= 4 is 21.6 Å². The number of hydrogen-bond donors (Lipinski definition) is 1. The van der Waals surface area contributed by atoms with Crippen molar-refractivity contribution < 1.29 is 0 Å². The first kappa shape index (κ1) is 8.12. The topological polar surface area (TPSA) is 53.5 Å². The van der Waals surface area contributed by atoms with Crippen molar-refractivity contribution in [3.63, 3.8) is 0 Å². The fraction of sp³-hybridized carbons (Fsp3) is 0.125. The third-order valence-corrected chi connectivity index (χ3v) is 2.95. The molecule has 0 atom stereocenters. The molecule has 0 bridgehead atoms. The molecule has 4 nitrogen and oxygen atoms in total. The van der Waals surface area contributed by atoms with E-state index in [9.17, 15) is 0 Å². The molecule has 0 radical (unpaired) electrons. The lowest BCUT2D eigenvalue weighted by atomic mass is 10.3. The summed E-state index contributed by atoms with van der Waals surface area (Å²) >= 11 is 1.53. The van der Waals surface area contributed by atoms with Gasteiger partial charge in [0.25, 0.3) is 0 Å². The molecule has 1 aromatic heterocycles. The fourth-order valence-electron chi connectivity index (χ4n) is 1.22. The van der Waals surface area contributed by atoms with E-state index < -0.39 is 0 Å². The van der Waals surface area contributed by atoms with Gasteiger partial charge in [-0.2, -0.15) is 5.53 Å². The largest absolute Gasteiger partial charge is 0.318 e. The molecule has 1 aromatic carbocycles. The number of thiazole rings is 1. The molecule has 0 aliphatic carbocycles. The molecule has 2 aromatic rings. The van der Waals surface area contributed by atoms with Crippen molar-refractivity contribution in [2.24, 2.45) is 17.4 Å². The molecule has 13 heavy (non-hydrogen) atoms. The predicted octanol–water partition coefficient (Wildman–Crippen LogP) is 2.09. The molecular formula is C8H8N4S. The Balaban J connectivity index is 2.89. The van der Waals surface area contributed by atoms with Crippen LogP contribution >= 0.6 is 11.3 Å². The minimum Gasteiger partial charge on any atom is -0.318 e. The Kier molecular flexibility index (Phi) is 1.94. The van der Waals surface area contributed by atoms with Crippen molar-refractivity contribution in [3.05, 3.63) is 29.1 Å². The van der Waals surface area contributed by atoms with Crippen LogP contribution in [0.4, 0.5) is 0 Å². The number of benzene rings is 1. The average Bonchev–Trinajstić information content (AvgIpc) is 2.46. The van der Waals surface area contributed by atoms with Gasteiger partial charge in [0.05, 0.1) is 10.2 Å². The van der Waals surface area contributed by atoms with Crippen molar-refractivity contribution in [2.75, 3.05) is 0 Å². The highest BCUT2D eigenvalue weighted by molar-refractivity contribution is 7.16. The second-order valence-electron chi connectivity index (χ2n) is 2.61. The van der Waals surface area contributed by atoms with Crippen LogP contribution in [0, 0.1) is 5.53 Å². The van der Waals surface area contributed by atoms with E-state index in [0.717, 1.165) is 15.0 Å².